The first kappa shape index (κ1) is 35.8. The van der Waals surface area contributed by atoms with Crippen LogP contribution in [0.5, 0.6) is 11.5 Å². The molecule has 2 unspecified atom stereocenters. The van der Waals surface area contributed by atoms with Crippen LogP contribution in [0.3, 0.4) is 0 Å². The zero-order chi connectivity index (χ0) is 34.8. The number of hydrogen-bond acceptors (Lipinski definition) is 11. The molecule has 49 heavy (non-hydrogen) atoms. The third-order valence-electron chi connectivity index (χ3n) is 8.14. The SMILES string of the molecule is COCOc1cc(OCCNCc2ncc[nH]2)cc2c1C(=O)O[C@@H](C)[C@H](C)/C=C\C(OC(=O)c1ccccc1)C1OC(C)(C)O[C@H]1CC=C2. The van der Waals surface area contributed by atoms with Crippen LogP contribution in [0.1, 0.15) is 66.2 Å². The Balaban J connectivity index is 1.44. The molecule has 3 heterocycles. The van der Waals surface area contributed by atoms with Crippen molar-refractivity contribution in [1.82, 2.24) is 15.3 Å². The number of esters is 2. The zero-order valence-corrected chi connectivity index (χ0v) is 28.5. The van der Waals surface area contributed by atoms with Crippen molar-refractivity contribution in [2.75, 3.05) is 27.1 Å². The summed E-state index contributed by atoms with van der Waals surface area (Å²) in [5.41, 5.74) is 1.20. The number of H-pyrrole nitrogens is 1. The summed E-state index contributed by atoms with van der Waals surface area (Å²) in [7, 11) is 1.50. The maximum Gasteiger partial charge on any atom is 0.342 e. The molecule has 5 rings (SSSR count). The van der Waals surface area contributed by atoms with E-state index < -0.39 is 42.1 Å². The average Bonchev–Trinajstić information content (AvgIpc) is 3.71. The molecular formula is C37H45N3O9. The Morgan fingerprint density at radius 1 is 1.10 bits per heavy atom. The Bertz CT molecular complexity index is 1590. The van der Waals surface area contributed by atoms with E-state index in [0.717, 1.165) is 5.82 Å². The second-order valence-electron chi connectivity index (χ2n) is 12.4. The lowest BCUT2D eigenvalue weighted by Gasteiger charge is -2.25. The van der Waals surface area contributed by atoms with Crippen molar-refractivity contribution in [2.45, 2.75) is 70.9 Å². The second-order valence-corrected chi connectivity index (χ2v) is 12.4. The van der Waals surface area contributed by atoms with Crippen molar-refractivity contribution in [1.29, 1.82) is 0 Å². The lowest BCUT2D eigenvalue weighted by molar-refractivity contribution is -0.152. The summed E-state index contributed by atoms with van der Waals surface area (Å²) in [6.07, 6.45) is 8.82. The number of methoxy groups -OCH3 is 1. The van der Waals surface area contributed by atoms with Crippen molar-refractivity contribution in [2.24, 2.45) is 5.92 Å². The number of benzene rings is 2. The predicted octanol–water partition coefficient (Wildman–Crippen LogP) is 5.46. The topological polar surface area (TPSA) is 139 Å². The fourth-order valence-corrected chi connectivity index (χ4v) is 5.53. The summed E-state index contributed by atoms with van der Waals surface area (Å²) in [5, 5.41) is 3.27. The molecular weight excluding hydrogens is 630 g/mol. The molecule has 5 atom stereocenters. The quantitative estimate of drug-likeness (QED) is 0.116. The van der Waals surface area contributed by atoms with E-state index in [0.29, 0.717) is 43.0 Å². The smallest absolute Gasteiger partial charge is 0.342 e. The Hall–Kier alpha value is -4.49. The first-order valence-corrected chi connectivity index (χ1v) is 16.4. The fraction of sp³-hybridized carbons (Fsp3) is 0.432. The van der Waals surface area contributed by atoms with Gasteiger partial charge in [-0.15, -0.1) is 0 Å². The van der Waals surface area contributed by atoms with E-state index in [9.17, 15) is 9.59 Å². The first-order valence-electron chi connectivity index (χ1n) is 16.4. The molecule has 2 N–H and O–H groups in total. The molecule has 2 aromatic carbocycles. The van der Waals surface area contributed by atoms with E-state index in [1.54, 1.807) is 54.9 Å². The summed E-state index contributed by atoms with van der Waals surface area (Å²) >= 11 is 0. The number of carbonyl (C=O) groups is 2. The van der Waals surface area contributed by atoms with E-state index in [1.165, 1.54) is 7.11 Å². The van der Waals surface area contributed by atoms with Gasteiger partial charge in [0.25, 0.3) is 0 Å². The number of fused-ring (bicyclic) bond motifs is 2. The van der Waals surface area contributed by atoms with Crippen LogP contribution in [-0.2, 0) is 30.2 Å². The van der Waals surface area contributed by atoms with Crippen LogP contribution in [0, 0.1) is 5.92 Å². The van der Waals surface area contributed by atoms with Crippen molar-refractivity contribution >= 4 is 18.0 Å². The van der Waals surface area contributed by atoms with E-state index in [2.05, 4.69) is 15.3 Å². The summed E-state index contributed by atoms with van der Waals surface area (Å²) in [5.74, 6) is -0.626. The minimum absolute atomic E-state index is 0.0839. The Labute approximate surface area is 286 Å². The summed E-state index contributed by atoms with van der Waals surface area (Å²) in [4.78, 5) is 34.3. The van der Waals surface area contributed by atoms with Gasteiger partial charge in [0.05, 0.1) is 18.2 Å². The molecule has 1 saturated heterocycles. The molecule has 2 aliphatic rings. The molecule has 12 heteroatoms. The van der Waals surface area contributed by atoms with E-state index in [1.807, 2.05) is 52.0 Å². The average molecular weight is 676 g/mol. The third kappa shape index (κ3) is 9.79. The molecule has 1 fully saturated rings. The van der Waals surface area contributed by atoms with Gasteiger partial charge in [-0.2, -0.15) is 0 Å². The van der Waals surface area contributed by atoms with Gasteiger partial charge in [0.2, 0.25) is 0 Å². The maximum absolute atomic E-state index is 13.8. The largest absolute Gasteiger partial charge is 0.492 e. The van der Waals surface area contributed by atoms with Gasteiger partial charge in [0, 0.05) is 38.0 Å². The highest BCUT2D eigenvalue weighted by molar-refractivity contribution is 5.97. The number of ether oxygens (including phenoxy) is 7. The number of hydrogen-bond donors (Lipinski definition) is 2. The van der Waals surface area contributed by atoms with Crippen LogP contribution >= 0.6 is 0 Å². The van der Waals surface area contributed by atoms with Crippen LogP contribution in [0.4, 0.5) is 0 Å². The van der Waals surface area contributed by atoms with Gasteiger partial charge in [-0.25, -0.2) is 14.6 Å². The molecule has 1 aromatic heterocycles. The normalized spacial score (nSPS) is 24.2. The molecule has 0 saturated carbocycles. The minimum Gasteiger partial charge on any atom is -0.492 e. The van der Waals surface area contributed by atoms with Gasteiger partial charge in [0.15, 0.2) is 12.6 Å². The third-order valence-corrected chi connectivity index (χ3v) is 8.14. The highest BCUT2D eigenvalue weighted by Crippen LogP contribution is 2.36. The Morgan fingerprint density at radius 3 is 2.67 bits per heavy atom. The lowest BCUT2D eigenvalue weighted by atomic mass is 9.98. The van der Waals surface area contributed by atoms with E-state index in [-0.39, 0.29) is 24.0 Å². The van der Waals surface area contributed by atoms with Crippen molar-refractivity contribution < 1.29 is 42.7 Å². The molecule has 12 nitrogen and oxygen atoms in total. The maximum atomic E-state index is 13.8. The van der Waals surface area contributed by atoms with Crippen molar-refractivity contribution in [3.8, 4) is 11.5 Å². The molecule has 0 aliphatic carbocycles. The molecule has 0 bridgehead atoms. The van der Waals surface area contributed by atoms with Crippen LogP contribution < -0.4 is 14.8 Å². The van der Waals surface area contributed by atoms with Gasteiger partial charge in [-0.05, 0) is 57.0 Å². The Kier molecular flexibility index (Phi) is 12.2. The van der Waals surface area contributed by atoms with Gasteiger partial charge in [0.1, 0.15) is 47.8 Å². The predicted molar refractivity (Wildman–Crippen MR) is 181 cm³/mol. The van der Waals surface area contributed by atoms with Crippen LogP contribution in [0.15, 0.2) is 73.1 Å². The lowest BCUT2D eigenvalue weighted by Crippen LogP contribution is -2.37. The van der Waals surface area contributed by atoms with E-state index >= 15 is 0 Å². The monoisotopic (exact) mass is 675 g/mol. The molecule has 0 radical (unpaired) electrons. The van der Waals surface area contributed by atoms with Gasteiger partial charge in [-0.1, -0.05) is 43.4 Å². The number of cyclic esters (lactones) is 1. The molecule has 262 valence electrons. The van der Waals surface area contributed by atoms with Gasteiger partial charge < -0.3 is 43.5 Å². The highest BCUT2D eigenvalue weighted by atomic mass is 16.8. The number of nitrogens with one attached hydrogen (secondary N) is 2. The van der Waals surface area contributed by atoms with Gasteiger partial charge in [-0.3, -0.25) is 0 Å². The van der Waals surface area contributed by atoms with Crippen molar-refractivity contribution in [3.05, 3.63) is 95.6 Å². The number of aromatic nitrogens is 2. The van der Waals surface area contributed by atoms with E-state index in [4.69, 9.17) is 33.2 Å². The number of aromatic amines is 1. The van der Waals surface area contributed by atoms with Crippen molar-refractivity contribution in [3.63, 3.8) is 0 Å². The summed E-state index contributed by atoms with van der Waals surface area (Å²) in [6, 6.07) is 12.2. The molecule has 0 amide bonds. The Morgan fingerprint density at radius 2 is 1.92 bits per heavy atom. The highest BCUT2D eigenvalue weighted by Gasteiger charge is 2.45. The number of carbonyl (C=O) groups excluding carboxylic acids is 2. The second kappa shape index (κ2) is 16.8. The van der Waals surface area contributed by atoms with Crippen LogP contribution in [0.2, 0.25) is 0 Å². The first-order chi connectivity index (χ1) is 23.6. The minimum atomic E-state index is -0.925. The summed E-state index contributed by atoms with van der Waals surface area (Å²) < 4.78 is 41.8. The van der Waals surface area contributed by atoms with Crippen LogP contribution in [0.25, 0.3) is 6.08 Å². The van der Waals surface area contributed by atoms with Crippen LogP contribution in [-0.4, -0.2) is 79.2 Å². The summed E-state index contributed by atoms with van der Waals surface area (Å²) in [6.45, 7) is 8.78. The number of nitrogens with zero attached hydrogens (tertiary/aromatic N) is 1. The fourth-order valence-electron chi connectivity index (χ4n) is 5.53. The zero-order valence-electron chi connectivity index (χ0n) is 28.5. The van der Waals surface area contributed by atoms with Gasteiger partial charge >= 0.3 is 11.9 Å². The molecule has 3 aromatic rings. The standard InChI is InChI=1S/C37H45N3O9/c1-24-14-15-29(47-35(41)26-10-7-6-8-11-26)34-30(48-37(3,4)49-34)13-9-12-27-20-28(44-19-18-38-22-32-39-16-17-40-32)21-31(45-23-43-5)33(27)36(42)46-25(24)2/h6-12,14-17,20-21,24-25,29-30,34,38H,13,18-19,22-23H2,1-5H3,(H,39,40)/b12-9?,15-14-/t24-,25+,29?,30+,34?/m1/s1. The molecule has 0 spiro atoms. The molecule has 2 aliphatic heterocycles. The number of imidazole rings is 1. The number of rotatable bonds is 11.